The van der Waals surface area contributed by atoms with Gasteiger partial charge in [0.1, 0.15) is 0 Å². The monoisotopic (exact) mass is 389 g/mol. The maximum Gasteiger partial charge on any atom is 0.154 e. The highest BCUT2D eigenvalue weighted by Gasteiger charge is 2.18. The summed E-state index contributed by atoms with van der Waals surface area (Å²) in [5.74, 6) is 0. The van der Waals surface area contributed by atoms with Crippen LogP contribution in [-0.2, 0) is 0 Å². The molecule has 18 heavy (non-hydrogen) atoms. The maximum absolute atomic E-state index is 6.12. The second-order valence-electron chi connectivity index (χ2n) is 5.66. The molecule has 112 valence electrons. The lowest BCUT2D eigenvalue weighted by Crippen LogP contribution is -3.00. The lowest BCUT2D eigenvalue weighted by molar-refractivity contribution is -0.899. The topological polar surface area (TPSA) is 0 Å². The zero-order chi connectivity index (χ0) is 13.0. The van der Waals surface area contributed by atoms with Gasteiger partial charge in [-0.1, -0.05) is 57.6 Å². The molecular weight excluding hydrogens is 357 g/mol. The summed E-state index contributed by atoms with van der Waals surface area (Å²) < 4.78 is 1.06. The molecule has 0 amide bonds. The number of alkyl halides is 1. The standard InChI is InChI=1S/C15H33ClN.HI/c1-4-6-8-9-10-12-14-17(3,15-16)13-11-7-5-2;/h4-15H2,1-3H3;1H/q+1;/p-1. The predicted molar refractivity (Wildman–Crippen MR) is 79.5 cm³/mol. The van der Waals surface area contributed by atoms with Gasteiger partial charge < -0.3 is 28.5 Å². The molecule has 0 aliphatic heterocycles. The number of quaternary nitrogens is 1. The van der Waals surface area contributed by atoms with Gasteiger partial charge in [0.05, 0.1) is 20.1 Å². The number of hydrogen-bond donors (Lipinski definition) is 0. The first-order valence-electron chi connectivity index (χ1n) is 7.58. The van der Waals surface area contributed by atoms with Crippen molar-refractivity contribution >= 4 is 11.6 Å². The summed E-state index contributed by atoms with van der Waals surface area (Å²) >= 11 is 6.12. The van der Waals surface area contributed by atoms with Crippen LogP contribution in [0.5, 0.6) is 0 Å². The predicted octanol–water partition coefficient (Wildman–Crippen LogP) is 2.18. The van der Waals surface area contributed by atoms with Crippen molar-refractivity contribution in [1.29, 1.82) is 0 Å². The molecule has 0 N–H and O–H groups in total. The number of nitrogens with zero attached hydrogens (tertiary/aromatic N) is 1. The molecule has 1 nitrogen and oxygen atoms in total. The van der Waals surface area contributed by atoms with Gasteiger partial charge in [-0.3, -0.25) is 0 Å². The van der Waals surface area contributed by atoms with Gasteiger partial charge in [-0.15, -0.1) is 0 Å². The largest absolute Gasteiger partial charge is 1.00 e. The molecular formula is C15H33ClIN. The first-order valence-corrected chi connectivity index (χ1v) is 8.11. The Morgan fingerprint density at radius 1 is 0.722 bits per heavy atom. The third-order valence-electron chi connectivity index (χ3n) is 3.64. The van der Waals surface area contributed by atoms with E-state index < -0.39 is 0 Å². The third-order valence-corrected chi connectivity index (χ3v) is 4.22. The highest BCUT2D eigenvalue weighted by Crippen LogP contribution is 2.13. The van der Waals surface area contributed by atoms with E-state index >= 15 is 0 Å². The average molecular weight is 390 g/mol. The lowest BCUT2D eigenvalue weighted by atomic mass is 10.1. The fraction of sp³-hybridized carbons (Fsp3) is 1.00. The molecule has 0 aliphatic carbocycles. The van der Waals surface area contributed by atoms with Gasteiger partial charge in [-0.05, 0) is 25.7 Å². The quantitative estimate of drug-likeness (QED) is 0.158. The first-order chi connectivity index (χ1) is 8.18. The number of halogens is 2. The molecule has 1 atom stereocenters. The fourth-order valence-electron chi connectivity index (χ4n) is 2.25. The summed E-state index contributed by atoms with van der Waals surface area (Å²) in [6.45, 7) is 7.06. The van der Waals surface area contributed by atoms with Crippen LogP contribution in [-0.4, -0.2) is 30.6 Å². The van der Waals surface area contributed by atoms with Crippen molar-refractivity contribution in [3.8, 4) is 0 Å². The zero-order valence-corrected chi connectivity index (χ0v) is 15.6. The van der Waals surface area contributed by atoms with E-state index in [9.17, 15) is 0 Å². The average Bonchev–Trinajstić information content (AvgIpc) is 2.34. The first kappa shape index (κ1) is 21.3. The van der Waals surface area contributed by atoms with E-state index in [4.69, 9.17) is 11.6 Å². The molecule has 0 saturated carbocycles. The van der Waals surface area contributed by atoms with Crippen molar-refractivity contribution in [1.82, 2.24) is 0 Å². The SMILES string of the molecule is CCCCCCCC[N+](C)(CCl)CCCCC.[I-]. The van der Waals surface area contributed by atoms with E-state index in [1.807, 2.05) is 0 Å². The van der Waals surface area contributed by atoms with Crippen molar-refractivity contribution in [2.24, 2.45) is 0 Å². The lowest BCUT2D eigenvalue weighted by Gasteiger charge is -2.32. The van der Waals surface area contributed by atoms with Crippen LogP contribution in [0.15, 0.2) is 0 Å². The molecule has 0 saturated heterocycles. The van der Waals surface area contributed by atoms with Crippen molar-refractivity contribution in [2.75, 3.05) is 26.1 Å². The second-order valence-corrected chi connectivity index (χ2v) is 5.90. The Labute approximate surface area is 137 Å². The summed E-state index contributed by atoms with van der Waals surface area (Å²) in [7, 11) is 2.31. The van der Waals surface area contributed by atoms with Gasteiger partial charge in [0, 0.05) is 0 Å². The molecule has 0 radical (unpaired) electrons. The molecule has 0 aromatic rings. The Balaban J connectivity index is 0. The molecule has 0 aromatic heterocycles. The third kappa shape index (κ3) is 12.0. The van der Waals surface area contributed by atoms with Crippen LogP contribution < -0.4 is 24.0 Å². The minimum Gasteiger partial charge on any atom is -1.00 e. The molecule has 0 aliphatic rings. The molecule has 0 heterocycles. The van der Waals surface area contributed by atoms with Crippen LogP contribution in [0.1, 0.15) is 71.6 Å². The van der Waals surface area contributed by atoms with E-state index in [0.717, 1.165) is 10.5 Å². The molecule has 0 bridgehead atoms. The maximum atomic E-state index is 6.12. The fourth-order valence-corrected chi connectivity index (χ4v) is 2.49. The Morgan fingerprint density at radius 2 is 1.11 bits per heavy atom. The Bertz CT molecular complexity index is 167. The summed E-state index contributed by atoms with van der Waals surface area (Å²) in [6.07, 6.45) is 12.3. The molecule has 0 rings (SSSR count). The van der Waals surface area contributed by atoms with Crippen molar-refractivity contribution < 1.29 is 28.5 Å². The smallest absolute Gasteiger partial charge is 0.154 e. The van der Waals surface area contributed by atoms with Crippen LogP contribution in [0, 0.1) is 0 Å². The van der Waals surface area contributed by atoms with Gasteiger partial charge in [-0.25, -0.2) is 0 Å². The zero-order valence-electron chi connectivity index (χ0n) is 12.7. The highest BCUT2D eigenvalue weighted by molar-refractivity contribution is 6.16. The van der Waals surface area contributed by atoms with Crippen molar-refractivity contribution in [3.63, 3.8) is 0 Å². The van der Waals surface area contributed by atoms with Crippen molar-refractivity contribution in [2.45, 2.75) is 71.6 Å². The van der Waals surface area contributed by atoms with Gasteiger partial charge in [-0.2, -0.15) is 0 Å². The minimum atomic E-state index is 0. The molecule has 0 aromatic carbocycles. The summed E-state index contributed by atoms with van der Waals surface area (Å²) in [6, 6.07) is 0.776. The second kappa shape index (κ2) is 14.4. The van der Waals surface area contributed by atoms with Gasteiger partial charge in [0.15, 0.2) is 6.00 Å². The van der Waals surface area contributed by atoms with E-state index in [2.05, 4.69) is 20.9 Å². The van der Waals surface area contributed by atoms with E-state index in [1.54, 1.807) is 0 Å². The van der Waals surface area contributed by atoms with E-state index in [0.29, 0.717) is 0 Å². The van der Waals surface area contributed by atoms with Crippen LogP contribution in [0.3, 0.4) is 0 Å². The molecule has 0 fully saturated rings. The summed E-state index contributed by atoms with van der Waals surface area (Å²) in [5, 5.41) is 0. The number of unbranched alkanes of at least 4 members (excludes halogenated alkanes) is 7. The Kier molecular flexibility index (Phi) is 17.0. The summed E-state index contributed by atoms with van der Waals surface area (Å²) in [4.78, 5) is 0. The van der Waals surface area contributed by atoms with Gasteiger partial charge >= 0.3 is 0 Å². The van der Waals surface area contributed by atoms with Crippen LogP contribution in [0.4, 0.5) is 0 Å². The minimum absolute atomic E-state index is 0. The van der Waals surface area contributed by atoms with E-state index in [1.165, 1.54) is 70.9 Å². The number of rotatable bonds is 12. The molecule has 1 unspecified atom stereocenters. The molecule has 3 heteroatoms. The molecule has 0 spiro atoms. The van der Waals surface area contributed by atoms with Crippen molar-refractivity contribution in [3.05, 3.63) is 0 Å². The highest BCUT2D eigenvalue weighted by atomic mass is 127. The van der Waals surface area contributed by atoms with Gasteiger partial charge in [0.2, 0.25) is 0 Å². The Hall–Kier alpha value is 0.980. The summed E-state index contributed by atoms with van der Waals surface area (Å²) in [5.41, 5.74) is 0. The number of hydrogen-bond acceptors (Lipinski definition) is 0. The normalized spacial score (nSPS) is 14.0. The Morgan fingerprint density at radius 3 is 1.61 bits per heavy atom. The van der Waals surface area contributed by atoms with E-state index in [-0.39, 0.29) is 24.0 Å². The van der Waals surface area contributed by atoms with Crippen LogP contribution in [0.2, 0.25) is 0 Å². The van der Waals surface area contributed by atoms with Crippen LogP contribution in [0.25, 0.3) is 0 Å². The van der Waals surface area contributed by atoms with Crippen LogP contribution >= 0.6 is 11.6 Å². The van der Waals surface area contributed by atoms with Gasteiger partial charge in [0.25, 0.3) is 0 Å².